The van der Waals surface area contributed by atoms with Crippen molar-refractivity contribution in [3.8, 4) is 0 Å². The summed E-state index contributed by atoms with van der Waals surface area (Å²) in [5.41, 5.74) is 0.557. The van der Waals surface area contributed by atoms with E-state index in [1.807, 2.05) is 13.8 Å². The van der Waals surface area contributed by atoms with Gasteiger partial charge < -0.3 is 23.9 Å². The average Bonchev–Trinajstić information content (AvgIpc) is 3.02. The molecular weight excluding hydrogens is 362 g/mol. The molecule has 0 saturated carbocycles. The SMILES string of the molecule is CCCN(CCC(=O)N1CCN(C(=O)OCC)CC1)C(=O)c1cc(C)oc1C. The van der Waals surface area contributed by atoms with Crippen molar-refractivity contribution in [2.45, 2.75) is 40.5 Å². The summed E-state index contributed by atoms with van der Waals surface area (Å²) >= 11 is 0. The fraction of sp³-hybridized carbons (Fsp3) is 0.650. The molecule has 1 aromatic rings. The molecule has 8 heteroatoms. The van der Waals surface area contributed by atoms with Crippen molar-refractivity contribution < 1.29 is 23.5 Å². The predicted octanol–water partition coefficient (Wildman–Crippen LogP) is 2.44. The van der Waals surface area contributed by atoms with Crippen LogP contribution in [0, 0.1) is 13.8 Å². The molecule has 1 fully saturated rings. The third-order valence-corrected chi connectivity index (χ3v) is 4.81. The first kappa shape index (κ1) is 21.8. The van der Waals surface area contributed by atoms with Gasteiger partial charge in [0.25, 0.3) is 5.91 Å². The highest BCUT2D eigenvalue weighted by Crippen LogP contribution is 2.17. The van der Waals surface area contributed by atoms with Crippen molar-refractivity contribution in [2.75, 3.05) is 45.9 Å². The average molecular weight is 393 g/mol. The van der Waals surface area contributed by atoms with E-state index in [4.69, 9.17) is 9.15 Å². The lowest BCUT2D eigenvalue weighted by atomic mass is 10.2. The van der Waals surface area contributed by atoms with Gasteiger partial charge in [-0.05, 0) is 33.3 Å². The summed E-state index contributed by atoms with van der Waals surface area (Å²) in [6.07, 6.45) is 0.745. The van der Waals surface area contributed by atoms with Gasteiger partial charge in [0, 0.05) is 45.7 Å². The minimum atomic E-state index is -0.333. The molecule has 8 nitrogen and oxygen atoms in total. The third-order valence-electron chi connectivity index (χ3n) is 4.81. The van der Waals surface area contributed by atoms with Crippen molar-refractivity contribution in [3.05, 3.63) is 23.2 Å². The summed E-state index contributed by atoms with van der Waals surface area (Å²) in [6.45, 7) is 10.6. The number of amides is 3. The van der Waals surface area contributed by atoms with E-state index < -0.39 is 0 Å². The first-order valence-electron chi connectivity index (χ1n) is 9.93. The van der Waals surface area contributed by atoms with Crippen LogP contribution < -0.4 is 0 Å². The van der Waals surface area contributed by atoms with E-state index in [9.17, 15) is 14.4 Å². The summed E-state index contributed by atoms with van der Waals surface area (Å²) in [6, 6.07) is 1.75. The maximum absolute atomic E-state index is 12.8. The number of hydrogen-bond donors (Lipinski definition) is 0. The number of furan rings is 1. The molecule has 2 rings (SSSR count). The number of piperazine rings is 1. The van der Waals surface area contributed by atoms with Gasteiger partial charge in [-0.1, -0.05) is 6.92 Å². The molecule has 1 aliphatic rings. The molecular formula is C20H31N3O5. The quantitative estimate of drug-likeness (QED) is 0.710. The Morgan fingerprint density at radius 1 is 1.07 bits per heavy atom. The van der Waals surface area contributed by atoms with E-state index in [1.165, 1.54) is 0 Å². The van der Waals surface area contributed by atoms with Gasteiger partial charge in [0.2, 0.25) is 5.91 Å². The lowest BCUT2D eigenvalue weighted by Gasteiger charge is -2.34. The zero-order chi connectivity index (χ0) is 20.7. The smallest absolute Gasteiger partial charge is 0.409 e. The predicted molar refractivity (Wildman–Crippen MR) is 104 cm³/mol. The Bertz CT molecular complexity index is 692. The van der Waals surface area contributed by atoms with Crippen LogP contribution in [0.5, 0.6) is 0 Å². The van der Waals surface area contributed by atoms with Crippen molar-refractivity contribution in [3.63, 3.8) is 0 Å². The standard InChI is InChI=1S/C20H31N3O5/c1-5-8-22(19(25)17-14-15(3)28-16(17)4)9-7-18(24)21-10-12-23(13-11-21)20(26)27-6-2/h14H,5-13H2,1-4H3. The lowest BCUT2D eigenvalue weighted by molar-refractivity contribution is -0.133. The van der Waals surface area contributed by atoms with E-state index in [1.54, 1.807) is 34.6 Å². The Morgan fingerprint density at radius 2 is 1.71 bits per heavy atom. The van der Waals surface area contributed by atoms with Gasteiger partial charge in [0.05, 0.1) is 12.2 Å². The molecule has 28 heavy (non-hydrogen) atoms. The molecule has 1 saturated heterocycles. The fourth-order valence-corrected chi connectivity index (χ4v) is 3.34. The zero-order valence-electron chi connectivity index (χ0n) is 17.3. The minimum Gasteiger partial charge on any atom is -0.466 e. The number of carbonyl (C=O) groups is 3. The van der Waals surface area contributed by atoms with Crippen LogP contribution in [0.15, 0.2) is 10.5 Å². The Morgan fingerprint density at radius 3 is 2.25 bits per heavy atom. The second-order valence-corrected chi connectivity index (χ2v) is 6.94. The molecule has 0 radical (unpaired) electrons. The molecule has 0 atom stereocenters. The summed E-state index contributed by atoms with van der Waals surface area (Å²) in [4.78, 5) is 42.2. The second kappa shape index (κ2) is 10.1. The molecule has 0 unspecified atom stereocenters. The van der Waals surface area contributed by atoms with Gasteiger partial charge in [-0.3, -0.25) is 9.59 Å². The first-order valence-corrected chi connectivity index (χ1v) is 9.93. The van der Waals surface area contributed by atoms with Crippen molar-refractivity contribution in [2.24, 2.45) is 0 Å². The number of ether oxygens (including phenoxy) is 1. The third kappa shape index (κ3) is 5.50. The Balaban J connectivity index is 1.88. The first-order chi connectivity index (χ1) is 13.4. The van der Waals surface area contributed by atoms with E-state index in [2.05, 4.69) is 0 Å². The van der Waals surface area contributed by atoms with Gasteiger partial charge in [0.1, 0.15) is 11.5 Å². The molecule has 0 N–H and O–H groups in total. The highest BCUT2D eigenvalue weighted by molar-refractivity contribution is 5.95. The van der Waals surface area contributed by atoms with E-state index in [-0.39, 0.29) is 24.3 Å². The van der Waals surface area contributed by atoms with Gasteiger partial charge in [-0.25, -0.2) is 4.79 Å². The molecule has 0 aromatic carbocycles. The maximum Gasteiger partial charge on any atom is 0.409 e. The normalized spacial score (nSPS) is 14.1. The summed E-state index contributed by atoms with van der Waals surface area (Å²) < 4.78 is 10.5. The van der Waals surface area contributed by atoms with E-state index >= 15 is 0 Å². The van der Waals surface area contributed by atoms with Gasteiger partial charge >= 0.3 is 6.09 Å². The highest BCUT2D eigenvalue weighted by Gasteiger charge is 2.26. The molecule has 2 heterocycles. The summed E-state index contributed by atoms with van der Waals surface area (Å²) in [7, 11) is 0. The minimum absolute atomic E-state index is 0.00231. The molecule has 0 aliphatic carbocycles. The summed E-state index contributed by atoms with van der Waals surface area (Å²) in [5, 5.41) is 0. The van der Waals surface area contributed by atoms with Crippen molar-refractivity contribution >= 4 is 17.9 Å². The zero-order valence-corrected chi connectivity index (χ0v) is 17.3. The van der Waals surface area contributed by atoms with Crippen LogP contribution in [0.3, 0.4) is 0 Å². The van der Waals surface area contributed by atoms with Crippen LogP contribution in [0.1, 0.15) is 48.6 Å². The molecule has 1 aromatic heterocycles. The topological polar surface area (TPSA) is 83.3 Å². The van der Waals surface area contributed by atoms with Crippen LogP contribution in [-0.4, -0.2) is 78.5 Å². The Labute approximate surface area is 166 Å². The lowest BCUT2D eigenvalue weighted by Crippen LogP contribution is -2.51. The fourth-order valence-electron chi connectivity index (χ4n) is 3.34. The van der Waals surface area contributed by atoms with Crippen LogP contribution in [-0.2, 0) is 9.53 Å². The molecule has 156 valence electrons. The van der Waals surface area contributed by atoms with Gasteiger partial charge in [-0.2, -0.15) is 0 Å². The van der Waals surface area contributed by atoms with Crippen LogP contribution >= 0.6 is 0 Å². The molecule has 0 spiro atoms. The van der Waals surface area contributed by atoms with Crippen LogP contribution in [0.4, 0.5) is 4.79 Å². The second-order valence-electron chi connectivity index (χ2n) is 6.94. The largest absolute Gasteiger partial charge is 0.466 e. The summed E-state index contributed by atoms with van der Waals surface area (Å²) in [5.74, 6) is 1.20. The molecule has 1 aliphatic heterocycles. The number of nitrogens with zero attached hydrogens (tertiary/aromatic N) is 3. The number of rotatable bonds is 7. The van der Waals surface area contributed by atoms with Crippen molar-refractivity contribution in [1.82, 2.24) is 14.7 Å². The van der Waals surface area contributed by atoms with Crippen LogP contribution in [0.25, 0.3) is 0 Å². The Hall–Kier alpha value is -2.51. The molecule has 3 amide bonds. The van der Waals surface area contributed by atoms with Gasteiger partial charge in [0.15, 0.2) is 0 Å². The highest BCUT2D eigenvalue weighted by atomic mass is 16.6. The van der Waals surface area contributed by atoms with Crippen molar-refractivity contribution in [1.29, 1.82) is 0 Å². The van der Waals surface area contributed by atoms with E-state index in [0.717, 1.165) is 6.42 Å². The molecule has 0 bridgehead atoms. The number of carbonyl (C=O) groups excluding carboxylic acids is 3. The number of aryl methyl sites for hydroxylation is 2. The monoisotopic (exact) mass is 393 g/mol. The van der Waals surface area contributed by atoms with Crippen LogP contribution in [0.2, 0.25) is 0 Å². The van der Waals surface area contributed by atoms with E-state index in [0.29, 0.717) is 63.0 Å². The maximum atomic E-state index is 12.8. The van der Waals surface area contributed by atoms with Gasteiger partial charge in [-0.15, -0.1) is 0 Å². The Kier molecular flexibility index (Phi) is 7.90. The number of hydrogen-bond acceptors (Lipinski definition) is 5.